The molecule has 146 valence electrons. The number of likely N-dealkylation sites (tertiary alicyclic amines) is 1. The molecule has 4 rings (SSSR count). The summed E-state index contributed by atoms with van der Waals surface area (Å²) in [5.74, 6) is 0.948. The summed E-state index contributed by atoms with van der Waals surface area (Å²) < 4.78 is 0. The first-order valence-electron chi connectivity index (χ1n) is 9.78. The van der Waals surface area contributed by atoms with Crippen molar-refractivity contribution in [2.24, 2.45) is 0 Å². The number of Topliss-reactive ketones (excluding diaryl/α,β-unsaturated/α-hetero) is 1. The molecule has 1 N–H and O–H groups in total. The van der Waals surface area contributed by atoms with Crippen LogP contribution in [0.25, 0.3) is 11.0 Å². The molecule has 1 atom stereocenters. The average Bonchev–Trinajstić information content (AvgIpc) is 3.36. The van der Waals surface area contributed by atoms with Crippen LogP contribution >= 0.6 is 11.3 Å². The number of aryl methyl sites for hydroxylation is 3. The van der Waals surface area contributed by atoms with Gasteiger partial charge in [0.15, 0.2) is 5.78 Å². The van der Waals surface area contributed by atoms with Gasteiger partial charge < -0.3 is 9.88 Å². The van der Waals surface area contributed by atoms with Crippen LogP contribution in [0.1, 0.15) is 63.2 Å². The third-order valence-electron chi connectivity index (χ3n) is 5.45. The van der Waals surface area contributed by atoms with Gasteiger partial charge in [0.25, 0.3) is 0 Å². The lowest BCUT2D eigenvalue weighted by atomic mass is 10.1. The van der Waals surface area contributed by atoms with Crippen LogP contribution in [0.5, 0.6) is 0 Å². The molecule has 3 heterocycles. The number of imidazole rings is 1. The number of carbonyl (C=O) groups excluding carboxylic acids is 2. The molecule has 0 aliphatic carbocycles. The fraction of sp³-hybridized carbons (Fsp3) is 0.409. The number of H-pyrrole nitrogens is 1. The van der Waals surface area contributed by atoms with E-state index in [-0.39, 0.29) is 30.6 Å². The van der Waals surface area contributed by atoms with Gasteiger partial charge in [-0.25, -0.2) is 4.98 Å². The zero-order valence-electron chi connectivity index (χ0n) is 16.5. The molecule has 0 unspecified atom stereocenters. The predicted octanol–water partition coefficient (Wildman–Crippen LogP) is 4.88. The Morgan fingerprint density at radius 2 is 2.04 bits per heavy atom. The Morgan fingerprint density at radius 1 is 1.21 bits per heavy atom. The van der Waals surface area contributed by atoms with E-state index < -0.39 is 0 Å². The van der Waals surface area contributed by atoms with Crippen molar-refractivity contribution in [2.45, 2.75) is 52.5 Å². The average molecular weight is 396 g/mol. The minimum atomic E-state index is -0.0274. The number of carbonyl (C=O) groups is 2. The molecule has 5 nitrogen and oxygen atoms in total. The van der Waals surface area contributed by atoms with Crippen molar-refractivity contribution in [1.82, 2.24) is 14.9 Å². The minimum absolute atomic E-state index is 0.0274. The van der Waals surface area contributed by atoms with Crippen molar-refractivity contribution >= 4 is 34.1 Å². The maximum atomic E-state index is 12.9. The van der Waals surface area contributed by atoms with Gasteiger partial charge in [0.1, 0.15) is 5.82 Å². The lowest BCUT2D eigenvalue weighted by Crippen LogP contribution is -2.31. The number of rotatable bonds is 5. The van der Waals surface area contributed by atoms with E-state index in [1.54, 1.807) is 11.3 Å². The van der Waals surface area contributed by atoms with Crippen LogP contribution in [0.2, 0.25) is 0 Å². The van der Waals surface area contributed by atoms with Crippen molar-refractivity contribution in [3.05, 3.63) is 51.0 Å². The highest BCUT2D eigenvalue weighted by Crippen LogP contribution is 2.32. The van der Waals surface area contributed by atoms with Gasteiger partial charge in [-0.15, -0.1) is 11.3 Å². The molecule has 0 radical (unpaired) electrons. The number of fused-ring (bicyclic) bond motifs is 1. The zero-order valence-corrected chi connectivity index (χ0v) is 17.4. The number of amides is 1. The molecule has 1 amide bonds. The van der Waals surface area contributed by atoms with Crippen molar-refractivity contribution in [3.8, 4) is 0 Å². The van der Waals surface area contributed by atoms with Crippen molar-refractivity contribution in [1.29, 1.82) is 0 Å². The van der Waals surface area contributed by atoms with Crippen LogP contribution in [0, 0.1) is 20.8 Å². The van der Waals surface area contributed by atoms with Crippen LogP contribution in [0.3, 0.4) is 0 Å². The normalized spacial score (nSPS) is 16.8. The molecule has 1 aliphatic rings. The monoisotopic (exact) mass is 395 g/mol. The molecule has 1 fully saturated rings. The summed E-state index contributed by atoms with van der Waals surface area (Å²) in [5.41, 5.74) is 3.88. The number of aromatic amines is 1. The number of benzene rings is 1. The predicted molar refractivity (Wildman–Crippen MR) is 112 cm³/mol. The molecule has 0 bridgehead atoms. The Morgan fingerprint density at radius 3 is 2.79 bits per heavy atom. The first-order valence-corrected chi connectivity index (χ1v) is 10.6. The lowest BCUT2D eigenvalue weighted by Gasteiger charge is -2.23. The van der Waals surface area contributed by atoms with Gasteiger partial charge >= 0.3 is 0 Å². The van der Waals surface area contributed by atoms with E-state index in [9.17, 15) is 9.59 Å². The van der Waals surface area contributed by atoms with E-state index in [1.165, 1.54) is 5.56 Å². The zero-order chi connectivity index (χ0) is 19.8. The topological polar surface area (TPSA) is 66.1 Å². The molecule has 28 heavy (non-hydrogen) atoms. The summed E-state index contributed by atoms with van der Waals surface area (Å²) in [6.07, 6.45) is 2.38. The van der Waals surface area contributed by atoms with Crippen molar-refractivity contribution in [3.63, 3.8) is 0 Å². The van der Waals surface area contributed by atoms with E-state index in [0.717, 1.165) is 51.6 Å². The van der Waals surface area contributed by atoms with Gasteiger partial charge in [0, 0.05) is 34.7 Å². The third-order valence-corrected chi connectivity index (χ3v) is 6.42. The van der Waals surface area contributed by atoms with E-state index >= 15 is 0 Å². The Kier molecular flexibility index (Phi) is 5.06. The van der Waals surface area contributed by atoms with Gasteiger partial charge in [0.05, 0.1) is 17.1 Å². The SMILES string of the molecule is Cc1ccc2nc([C@H]3CCCN3C(=O)CCC(=O)c3cc(C)sc3C)[nH]c2c1. The number of ketones is 1. The second-order valence-electron chi connectivity index (χ2n) is 7.64. The first kappa shape index (κ1) is 18.9. The van der Waals surface area contributed by atoms with Crippen LogP contribution in [-0.4, -0.2) is 33.1 Å². The van der Waals surface area contributed by atoms with Gasteiger partial charge in [-0.2, -0.15) is 0 Å². The summed E-state index contributed by atoms with van der Waals surface area (Å²) in [7, 11) is 0. The number of hydrogen-bond acceptors (Lipinski definition) is 4. The van der Waals surface area contributed by atoms with E-state index in [2.05, 4.69) is 18.0 Å². The largest absolute Gasteiger partial charge is 0.340 e. The van der Waals surface area contributed by atoms with Crippen molar-refractivity contribution < 1.29 is 9.59 Å². The summed E-state index contributed by atoms with van der Waals surface area (Å²) in [5, 5.41) is 0. The molecule has 0 spiro atoms. The molecule has 6 heteroatoms. The van der Waals surface area contributed by atoms with Crippen molar-refractivity contribution in [2.75, 3.05) is 6.54 Å². The second kappa shape index (κ2) is 7.51. The van der Waals surface area contributed by atoms with Gasteiger partial charge in [0.2, 0.25) is 5.91 Å². The number of aromatic nitrogens is 2. The lowest BCUT2D eigenvalue weighted by molar-refractivity contribution is -0.132. The Bertz CT molecular complexity index is 1050. The molecule has 1 aliphatic heterocycles. The standard InChI is InChI=1S/C22H25N3O2S/c1-13-6-7-17-18(11-13)24-22(23-17)19-5-4-10-25(19)21(27)9-8-20(26)16-12-14(2)28-15(16)3/h6-7,11-12,19H,4-5,8-10H2,1-3H3,(H,23,24)/t19-/m1/s1. The Hall–Kier alpha value is -2.47. The molecule has 3 aromatic rings. The number of nitrogens with zero attached hydrogens (tertiary/aromatic N) is 2. The Balaban J connectivity index is 1.45. The second-order valence-corrected chi connectivity index (χ2v) is 9.10. The molecule has 2 aromatic heterocycles. The molecule has 0 saturated carbocycles. The van der Waals surface area contributed by atoms with E-state index in [1.807, 2.05) is 36.9 Å². The van der Waals surface area contributed by atoms with Gasteiger partial charge in [-0.3, -0.25) is 9.59 Å². The maximum Gasteiger partial charge on any atom is 0.223 e. The number of nitrogens with one attached hydrogen (secondary N) is 1. The fourth-order valence-electron chi connectivity index (χ4n) is 4.06. The highest BCUT2D eigenvalue weighted by Gasteiger charge is 2.32. The van der Waals surface area contributed by atoms with Crippen LogP contribution < -0.4 is 0 Å². The van der Waals surface area contributed by atoms with Crippen LogP contribution in [-0.2, 0) is 4.79 Å². The van der Waals surface area contributed by atoms with Gasteiger partial charge in [-0.1, -0.05) is 6.07 Å². The molecular weight excluding hydrogens is 370 g/mol. The molecular formula is C22H25N3O2S. The third kappa shape index (κ3) is 3.61. The highest BCUT2D eigenvalue weighted by atomic mass is 32.1. The molecule has 1 aromatic carbocycles. The van der Waals surface area contributed by atoms with E-state index in [4.69, 9.17) is 4.98 Å². The number of thiophene rings is 1. The Labute approximate surface area is 168 Å². The minimum Gasteiger partial charge on any atom is -0.340 e. The summed E-state index contributed by atoms with van der Waals surface area (Å²) >= 11 is 1.63. The smallest absolute Gasteiger partial charge is 0.223 e. The summed E-state index contributed by atoms with van der Waals surface area (Å²) in [6.45, 7) is 6.75. The van der Waals surface area contributed by atoms with Crippen LogP contribution in [0.4, 0.5) is 0 Å². The van der Waals surface area contributed by atoms with Crippen LogP contribution in [0.15, 0.2) is 24.3 Å². The molecule has 1 saturated heterocycles. The van der Waals surface area contributed by atoms with Gasteiger partial charge in [-0.05, 0) is 57.4 Å². The summed E-state index contributed by atoms with van der Waals surface area (Å²) in [6, 6.07) is 8.04. The highest BCUT2D eigenvalue weighted by molar-refractivity contribution is 7.12. The quantitative estimate of drug-likeness (QED) is 0.626. The van der Waals surface area contributed by atoms with E-state index in [0.29, 0.717) is 0 Å². The maximum absolute atomic E-state index is 12.9. The fourth-order valence-corrected chi connectivity index (χ4v) is 5.00. The first-order chi connectivity index (χ1) is 13.4. The number of hydrogen-bond donors (Lipinski definition) is 1. The summed E-state index contributed by atoms with van der Waals surface area (Å²) in [4.78, 5) is 37.5.